The largest absolute Gasteiger partial charge is 0.303 e. The van der Waals surface area contributed by atoms with Gasteiger partial charge in [0.2, 0.25) is 0 Å². The quantitative estimate of drug-likeness (QED) is 0.556. The van der Waals surface area contributed by atoms with Gasteiger partial charge in [0.1, 0.15) is 0 Å². The molecule has 0 amide bonds. The molecule has 138 valence electrons. The standard InChI is InChI=1S/C21H22ClNOS.BrH/c1-2-11-23-12-9-21(10-13-23)17-5-3-4-6-19(17)25-18-8-7-15(22)14-16(18)20(21)24;/h3-8,14H,2,9-13H2,1H3;1H. The molecule has 0 aliphatic carbocycles. The van der Waals surface area contributed by atoms with E-state index in [0.29, 0.717) is 5.02 Å². The van der Waals surface area contributed by atoms with Gasteiger partial charge in [0.25, 0.3) is 0 Å². The molecule has 2 aliphatic heterocycles. The first-order valence-electron chi connectivity index (χ1n) is 8.98. The van der Waals surface area contributed by atoms with Gasteiger partial charge in [-0.05, 0) is 68.7 Å². The second kappa shape index (κ2) is 8.05. The SMILES string of the molecule is Br.CCCN1CCC2(CC1)C(=O)c1cc(Cl)ccc1Sc1ccccc12. The Morgan fingerprint density at radius 3 is 2.58 bits per heavy atom. The number of benzene rings is 2. The highest BCUT2D eigenvalue weighted by atomic mass is 79.9. The number of halogens is 2. The number of carbonyl (C=O) groups excluding carboxylic acids is 1. The molecule has 1 saturated heterocycles. The maximum Gasteiger partial charge on any atom is 0.174 e. The highest BCUT2D eigenvalue weighted by Gasteiger charge is 2.46. The van der Waals surface area contributed by atoms with Crippen LogP contribution in [0.4, 0.5) is 0 Å². The van der Waals surface area contributed by atoms with Crippen molar-refractivity contribution in [1.82, 2.24) is 4.90 Å². The normalized spacial score (nSPS) is 18.6. The number of piperidine rings is 1. The van der Waals surface area contributed by atoms with E-state index < -0.39 is 5.41 Å². The van der Waals surface area contributed by atoms with Gasteiger partial charge in [-0.25, -0.2) is 0 Å². The minimum absolute atomic E-state index is 0. The fourth-order valence-electron chi connectivity index (χ4n) is 4.19. The second-order valence-electron chi connectivity index (χ2n) is 6.99. The van der Waals surface area contributed by atoms with E-state index in [0.717, 1.165) is 49.4 Å². The van der Waals surface area contributed by atoms with Gasteiger partial charge in [-0.15, -0.1) is 17.0 Å². The lowest BCUT2D eigenvalue weighted by Crippen LogP contribution is -2.47. The van der Waals surface area contributed by atoms with Gasteiger partial charge in [0.15, 0.2) is 5.78 Å². The third kappa shape index (κ3) is 3.37. The van der Waals surface area contributed by atoms with Crippen LogP contribution in [0.1, 0.15) is 42.1 Å². The fraction of sp³-hybridized carbons (Fsp3) is 0.381. The molecule has 26 heavy (non-hydrogen) atoms. The Morgan fingerprint density at radius 2 is 1.85 bits per heavy atom. The van der Waals surface area contributed by atoms with Crippen LogP contribution >= 0.6 is 40.3 Å². The Balaban J connectivity index is 0.00000196. The van der Waals surface area contributed by atoms with Crippen molar-refractivity contribution in [2.24, 2.45) is 0 Å². The summed E-state index contributed by atoms with van der Waals surface area (Å²) in [4.78, 5) is 18.4. The summed E-state index contributed by atoms with van der Waals surface area (Å²) in [6, 6.07) is 14.2. The average Bonchev–Trinajstić information content (AvgIpc) is 2.72. The summed E-state index contributed by atoms with van der Waals surface area (Å²) in [5.41, 5.74) is 1.58. The lowest BCUT2D eigenvalue weighted by molar-refractivity contribution is 0.0765. The van der Waals surface area contributed by atoms with E-state index >= 15 is 0 Å². The van der Waals surface area contributed by atoms with E-state index in [9.17, 15) is 4.79 Å². The first-order valence-corrected chi connectivity index (χ1v) is 10.2. The van der Waals surface area contributed by atoms with Gasteiger partial charge in [0, 0.05) is 20.4 Å². The third-order valence-electron chi connectivity index (χ3n) is 5.49. The number of hydrogen-bond donors (Lipinski definition) is 0. The van der Waals surface area contributed by atoms with Crippen molar-refractivity contribution in [2.45, 2.75) is 41.4 Å². The molecular weight excluding hydrogens is 430 g/mol. The van der Waals surface area contributed by atoms with Gasteiger partial charge >= 0.3 is 0 Å². The van der Waals surface area contributed by atoms with Gasteiger partial charge in [0.05, 0.1) is 5.41 Å². The smallest absolute Gasteiger partial charge is 0.174 e. The molecule has 2 heterocycles. The third-order valence-corrected chi connectivity index (χ3v) is 6.88. The molecule has 0 N–H and O–H groups in total. The molecule has 0 aromatic heterocycles. The predicted octanol–water partition coefficient (Wildman–Crippen LogP) is 6.01. The Kier molecular flexibility index (Phi) is 6.18. The van der Waals surface area contributed by atoms with Crippen LogP contribution in [0.2, 0.25) is 5.02 Å². The van der Waals surface area contributed by atoms with Crippen molar-refractivity contribution in [2.75, 3.05) is 19.6 Å². The van der Waals surface area contributed by atoms with E-state index in [1.54, 1.807) is 11.8 Å². The van der Waals surface area contributed by atoms with Gasteiger partial charge in [-0.2, -0.15) is 0 Å². The molecule has 1 spiro atoms. The minimum atomic E-state index is -0.413. The maximum absolute atomic E-state index is 13.7. The van der Waals surface area contributed by atoms with Crippen LogP contribution in [-0.4, -0.2) is 30.3 Å². The number of hydrogen-bond acceptors (Lipinski definition) is 3. The van der Waals surface area contributed by atoms with Crippen LogP contribution in [-0.2, 0) is 5.41 Å². The molecule has 1 fully saturated rings. The number of carbonyl (C=O) groups is 1. The lowest BCUT2D eigenvalue weighted by Gasteiger charge is -2.41. The molecule has 2 aromatic carbocycles. The molecule has 0 atom stereocenters. The monoisotopic (exact) mass is 451 g/mol. The molecule has 0 unspecified atom stereocenters. The Labute approximate surface area is 175 Å². The molecule has 2 aromatic rings. The second-order valence-corrected chi connectivity index (χ2v) is 8.51. The Bertz CT molecular complexity index is 817. The summed E-state index contributed by atoms with van der Waals surface area (Å²) < 4.78 is 0. The van der Waals surface area contributed by atoms with Gasteiger partial charge in [-0.3, -0.25) is 4.79 Å². The molecular formula is C21H23BrClNOS. The Hall–Kier alpha value is -0.810. The number of rotatable bonds is 2. The van der Waals surface area contributed by atoms with Crippen molar-refractivity contribution < 1.29 is 4.79 Å². The topological polar surface area (TPSA) is 20.3 Å². The molecule has 0 radical (unpaired) electrons. The maximum atomic E-state index is 13.7. The van der Waals surface area contributed by atoms with Crippen molar-refractivity contribution in [3.63, 3.8) is 0 Å². The summed E-state index contributed by atoms with van der Waals surface area (Å²) in [7, 11) is 0. The van der Waals surface area contributed by atoms with Crippen LogP contribution < -0.4 is 0 Å². The molecule has 0 saturated carbocycles. The number of likely N-dealkylation sites (tertiary alicyclic amines) is 1. The van der Waals surface area contributed by atoms with Crippen molar-refractivity contribution in [3.8, 4) is 0 Å². The van der Waals surface area contributed by atoms with E-state index in [2.05, 4.69) is 36.1 Å². The van der Waals surface area contributed by atoms with Crippen LogP contribution in [0.25, 0.3) is 0 Å². The van der Waals surface area contributed by atoms with Gasteiger partial charge in [-0.1, -0.05) is 48.5 Å². The zero-order valence-electron chi connectivity index (χ0n) is 14.8. The first kappa shape index (κ1) is 19.9. The number of nitrogens with zero attached hydrogens (tertiary/aromatic N) is 1. The van der Waals surface area contributed by atoms with E-state index in [1.165, 1.54) is 10.5 Å². The van der Waals surface area contributed by atoms with Crippen LogP contribution in [0.3, 0.4) is 0 Å². The zero-order valence-corrected chi connectivity index (χ0v) is 18.1. The summed E-state index contributed by atoms with van der Waals surface area (Å²) in [6.45, 7) is 5.29. The van der Waals surface area contributed by atoms with Crippen molar-refractivity contribution >= 4 is 46.1 Å². The highest BCUT2D eigenvalue weighted by molar-refractivity contribution is 8.93. The summed E-state index contributed by atoms with van der Waals surface area (Å²) in [5.74, 6) is 0.249. The molecule has 5 heteroatoms. The van der Waals surface area contributed by atoms with E-state index in [-0.39, 0.29) is 22.8 Å². The number of fused-ring (bicyclic) bond motifs is 3. The van der Waals surface area contributed by atoms with Crippen LogP contribution in [0.15, 0.2) is 52.3 Å². The van der Waals surface area contributed by atoms with Crippen molar-refractivity contribution in [1.29, 1.82) is 0 Å². The fourth-order valence-corrected chi connectivity index (χ4v) is 5.52. The molecule has 2 aliphatic rings. The predicted molar refractivity (Wildman–Crippen MR) is 114 cm³/mol. The number of Topliss-reactive ketones (excluding diaryl/α,β-unsaturated/α-hetero) is 1. The van der Waals surface area contributed by atoms with Crippen molar-refractivity contribution in [3.05, 3.63) is 58.6 Å². The van der Waals surface area contributed by atoms with Gasteiger partial charge < -0.3 is 4.90 Å². The molecule has 2 nitrogen and oxygen atoms in total. The van der Waals surface area contributed by atoms with E-state index in [4.69, 9.17) is 11.6 Å². The average molecular weight is 453 g/mol. The summed E-state index contributed by atoms with van der Waals surface area (Å²) in [5, 5.41) is 0.636. The lowest BCUT2D eigenvalue weighted by atomic mass is 9.68. The van der Waals surface area contributed by atoms with E-state index in [1.807, 2.05) is 18.2 Å². The molecule has 0 bridgehead atoms. The number of ketones is 1. The minimum Gasteiger partial charge on any atom is -0.303 e. The highest BCUT2D eigenvalue weighted by Crippen LogP contribution is 2.49. The summed E-state index contributed by atoms with van der Waals surface area (Å²) >= 11 is 7.93. The molecule has 4 rings (SSSR count). The summed E-state index contributed by atoms with van der Waals surface area (Å²) in [6.07, 6.45) is 2.93. The van der Waals surface area contributed by atoms with Crippen LogP contribution in [0, 0.1) is 0 Å². The first-order chi connectivity index (χ1) is 12.1. The Morgan fingerprint density at radius 1 is 1.12 bits per heavy atom. The van der Waals surface area contributed by atoms with Crippen LogP contribution in [0.5, 0.6) is 0 Å². The zero-order chi connectivity index (χ0) is 17.4.